The van der Waals surface area contributed by atoms with Crippen LogP contribution in [0.1, 0.15) is 24.5 Å². The fraction of sp³-hybridized carbons (Fsp3) is 0.462. The van der Waals surface area contributed by atoms with Crippen molar-refractivity contribution in [2.45, 2.75) is 32.9 Å². The Hall–Kier alpha value is -1.35. The van der Waals surface area contributed by atoms with Gasteiger partial charge in [0.15, 0.2) is 0 Å². The number of aryl methyl sites for hydroxylation is 1. The lowest BCUT2D eigenvalue weighted by atomic mass is 10.1. The summed E-state index contributed by atoms with van der Waals surface area (Å²) >= 11 is 0. The quantitative estimate of drug-likeness (QED) is 0.820. The van der Waals surface area contributed by atoms with Crippen LogP contribution in [0.2, 0.25) is 0 Å². The van der Waals surface area contributed by atoms with Gasteiger partial charge in [-0.05, 0) is 26.5 Å². The average Bonchev–Trinajstić information content (AvgIpc) is 2.20. The van der Waals surface area contributed by atoms with Crippen molar-refractivity contribution in [1.29, 1.82) is 0 Å². The molecule has 1 aromatic rings. The number of nitrogens with two attached hydrogens (primary N) is 1. The van der Waals surface area contributed by atoms with Crippen LogP contribution in [0.15, 0.2) is 24.3 Å². The largest absolute Gasteiger partial charge is 0.370 e. The number of rotatable bonds is 5. The van der Waals surface area contributed by atoms with Gasteiger partial charge >= 0.3 is 0 Å². The van der Waals surface area contributed by atoms with E-state index in [1.807, 2.05) is 14.0 Å². The Bertz CT molecular complexity index is 345. The first-order valence-electron chi connectivity index (χ1n) is 5.53. The normalized spacial score (nSPS) is 12.8. The molecule has 0 heterocycles. The maximum absolute atomic E-state index is 10.8. The van der Waals surface area contributed by atoms with Gasteiger partial charge in [-0.1, -0.05) is 29.8 Å². The zero-order chi connectivity index (χ0) is 12.1. The molecule has 0 aliphatic heterocycles. The number of carbonyl (C=O) groups excluding carboxylic acids is 1. The van der Waals surface area contributed by atoms with Crippen LogP contribution in [0.5, 0.6) is 0 Å². The van der Waals surface area contributed by atoms with Crippen LogP contribution in [0.4, 0.5) is 0 Å². The average molecular weight is 220 g/mol. The number of carbonyl (C=O) groups is 1. The van der Waals surface area contributed by atoms with Gasteiger partial charge in [-0.15, -0.1) is 0 Å². The molecule has 0 unspecified atom stereocenters. The summed E-state index contributed by atoms with van der Waals surface area (Å²) in [6, 6.07) is 8.61. The molecule has 0 bridgehead atoms. The van der Waals surface area contributed by atoms with E-state index in [1.54, 1.807) is 0 Å². The van der Waals surface area contributed by atoms with Crippen LogP contribution >= 0.6 is 0 Å². The Balaban J connectivity index is 2.53. The third kappa shape index (κ3) is 4.03. The van der Waals surface area contributed by atoms with Crippen molar-refractivity contribution in [3.05, 3.63) is 35.4 Å². The molecular formula is C13H20N2O. The molecule has 0 saturated carbocycles. The highest BCUT2D eigenvalue weighted by atomic mass is 16.1. The summed E-state index contributed by atoms with van der Waals surface area (Å²) in [5, 5.41) is 0. The summed E-state index contributed by atoms with van der Waals surface area (Å²) in [7, 11) is 2.01. The van der Waals surface area contributed by atoms with Crippen LogP contribution in [-0.2, 0) is 11.3 Å². The van der Waals surface area contributed by atoms with Gasteiger partial charge in [0.1, 0.15) is 0 Å². The van der Waals surface area contributed by atoms with Crippen molar-refractivity contribution in [2.75, 3.05) is 7.05 Å². The van der Waals surface area contributed by atoms with E-state index in [-0.39, 0.29) is 11.9 Å². The minimum absolute atomic E-state index is 0.179. The summed E-state index contributed by atoms with van der Waals surface area (Å²) in [4.78, 5) is 12.9. The number of hydrogen-bond donors (Lipinski definition) is 1. The van der Waals surface area contributed by atoms with Crippen LogP contribution < -0.4 is 5.73 Å². The van der Waals surface area contributed by atoms with Gasteiger partial charge in [0.2, 0.25) is 5.91 Å². The molecule has 3 heteroatoms. The molecule has 1 atom stereocenters. The lowest BCUT2D eigenvalue weighted by Gasteiger charge is -2.23. The monoisotopic (exact) mass is 220 g/mol. The van der Waals surface area contributed by atoms with Crippen molar-refractivity contribution < 1.29 is 4.79 Å². The lowest BCUT2D eigenvalue weighted by molar-refractivity contribution is -0.119. The molecule has 2 N–H and O–H groups in total. The third-order valence-corrected chi connectivity index (χ3v) is 2.80. The van der Waals surface area contributed by atoms with Crippen molar-refractivity contribution in [3.8, 4) is 0 Å². The molecule has 0 aromatic heterocycles. The van der Waals surface area contributed by atoms with Crippen LogP contribution in [0, 0.1) is 6.92 Å². The highest BCUT2D eigenvalue weighted by molar-refractivity contribution is 5.74. The highest BCUT2D eigenvalue weighted by Crippen LogP contribution is 2.09. The van der Waals surface area contributed by atoms with Gasteiger partial charge < -0.3 is 5.73 Å². The Kier molecular flexibility index (Phi) is 4.50. The first kappa shape index (κ1) is 12.7. The zero-order valence-corrected chi connectivity index (χ0v) is 10.2. The fourth-order valence-corrected chi connectivity index (χ4v) is 1.58. The van der Waals surface area contributed by atoms with Crippen molar-refractivity contribution in [1.82, 2.24) is 4.90 Å². The number of nitrogens with zero attached hydrogens (tertiary/aromatic N) is 1. The molecule has 16 heavy (non-hydrogen) atoms. The first-order chi connectivity index (χ1) is 7.49. The Morgan fingerprint density at radius 1 is 1.38 bits per heavy atom. The topological polar surface area (TPSA) is 46.3 Å². The van der Waals surface area contributed by atoms with Crippen molar-refractivity contribution >= 4 is 5.91 Å². The Morgan fingerprint density at radius 3 is 2.44 bits per heavy atom. The molecule has 1 amide bonds. The van der Waals surface area contributed by atoms with Gasteiger partial charge in [-0.2, -0.15) is 0 Å². The molecule has 0 aliphatic rings. The van der Waals surface area contributed by atoms with E-state index in [0.29, 0.717) is 6.42 Å². The molecule has 1 aromatic carbocycles. The molecule has 88 valence electrons. The molecular weight excluding hydrogens is 200 g/mol. The Labute approximate surface area is 97.2 Å². The van der Waals surface area contributed by atoms with E-state index in [2.05, 4.69) is 36.1 Å². The number of amides is 1. The molecule has 0 aliphatic carbocycles. The van der Waals surface area contributed by atoms with E-state index in [4.69, 9.17) is 5.73 Å². The summed E-state index contributed by atoms with van der Waals surface area (Å²) in [6.07, 6.45) is 0.405. The standard InChI is InChI=1S/C13H20N2O/c1-10-4-6-12(7-5-10)9-15(3)11(2)8-13(14)16/h4-7,11H,8-9H2,1-3H3,(H2,14,16)/t11-/m0/s1. The summed E-state index contributed by atoms with van der Waals surface area (Å²) in [6.45, 7) is 4.93. The second kappa shape index (κ2) is 5.66. The number of primary amides is 1. The molecule has 0 fully saturated rings. The van der Waals surface area contributed by atoms with Gasteiger partial charge in [0.05, 0.1) is 0 Å². The van der Waals surface area contributed by atoms with E-state index in [1.165, 1.54) is 11.1 Å². The Morgan fingerprint density at radius 2 is 1.94 bits per heavy atom. The lowest BCUT2D eigenvalue weighted by Crippen LogP contribution is -2.32. The number of benzene rings is 1. The molecule has 1 rings (SSSR count). The maximum atomic E-state index is 10.8. The minimum Gasteiger partial charge on any atom is -0.370 e. The van der Waals surface area contributed by atoms with E-state index in [0.717, 1.165) is 6.54 Å². The summed E-state index contributed by atoms with van der Waals surface area (Å²) in [5.41, 5.74) is 7.69. The molecule has 3 nitrogen and oxygen atoms in total. The van der Waals surface area contributed by atoms with Crippen LogP contribution in [0.3, 0.4) is 0 Å². The van der Waals surface area contributed by atoms with Crippen molar-refractivity contribution in [2.24, 2.45) is 5.73 Å². The predicted molar refractivity (Wildman–Crippen MR) is 65.9 cm³/mol. The van der Waals surface area contributed by atoms with Gasteiger partial charge in [-0.3, -0.25) is 9.69 Å². The van der Waals surface area contributed by atoms with Gasteiger partial charge in [0.25, 0.3) is 0 Å². The smallest absolute Gasteiger partial charge is 0.218 e. The SMILES string of the molecule is Cc1ccc(CN(C)[C@@H](C)CC(N)=O)cc1. The highest BCUT2D eigenvalue weighted by Gasteiger charge is 2.11. The van der Waals surface area contributed by atoms with E-state index < -0.39 is 0 Å². The second-order valence-electron chi connectivity index (χ2n) is 4.42. The molecule has 0 saturated heterocycles. The zero-order valence-electron chi connectivity index (χ0n) is 10.2. The van der Waals surface area contributed by atoms with E-state index >= 15 is 0 Å². The third-order valence-electron chi connectivity index (χ3n) is 2.80. The second-order valence-corrected chi connectivity index (χ2v) is 4.42. The maximum Gasteiger partial charge on any atom is 0.218 e. The van der Waals surface area contributed by atoms with Gasteiger partial charge in [-0.25, -0.2) is 0 Å². The number of hydrogen-bond acceptors (Lipinski definition) is 2. The molecule has 0 spiro atoms. The minimum atomic E-state index is -0.247. The van der Waals surface area contributed by atoms with Crippen LogP contribution in [-0.4, -0.2) is 23.9 Å². The van der Waals surface area contributed by atoms with Crippen molar-refractivity contribution in [3.63, 3.8) is 0 Å². The predicted octanol–water partition coefficient (Wildman–Crippen LogP) is 1.69. The van der Waals surface area contributed by atoms with Crippen LogP contribution in [0.25, 0.3) is 0 Å². The summed E-state index contributed by atoms with van der Waals surface area (Å²) < 4.78 is 0. The first-order valence-corrected chi connectivity index (χ1v) is 5.53. The molecule has 0 radical (unpaired) electrons. The van der Waals surface area contributed by atoms with E-state index in [9.17, 15) is 4.79 Å². The summed E-state index contributed by atoms with van der Waals surface area (Å²) in [5.74, 6) is -0.247. The van der Waals surface area contributed by atoms with Gasteiger partial charge in [0, 0.05) is 19.0 Å². The fourth-order valence-electron chi connectivity index (χ4n) is 1.58.